The molecule has 1 unspecified atom stereocenters. The quantitative estimate of drug-likeness (QED) is 0.0915. The Morgan fingerprint density at radius 2 is 1.35 bits per heavy atom. The second kappa shape index (κ2) is 21.2. The van der Waals surface area contributed by atoms with E-state index in [-0.39, 0.29) is 30.1 Å². The van der Waals surface area contributed by atoms with Gasteiger partial charge in [0, 0.05) is 13.0 Å². The Morgan fingerprint density at radius 1 is 0.824 bits per heavy atom. The highest BCUT2D eigenvalue weighted by Crippen LogP contribution is 2.23. The van der Waals surface area contributed by atoms with Crippen molar-refractivity contribution in [2.24, 2.45) is 0 Å². The Balaban J connectivity index is 2.17. The molecule has 5 heteroatoms. The summed E-state index contributed by atoms with van der Waals surface area (Å²) in [7, 11) is 0. The van der Waals surface area contributed by atoms with Gasteiger partial charge in [-0.1, -0.05) is 110 Å². The molecule has 0 amide bonds. The standard InChI is InChI=1S/C29H54O5/c1-3-5-6-7-8-9-10-11-12-13-14-15-16-17-18-21-25(34-28-22-19-20-23-33-28)24-27(30)26(4-2)29(31)32/h25,28,30H,3-24H2,1-2H3,(H,31,32)/t25-,28?/m1/s1. The molecule has 1 rings (SSSR count). The van der Waals surface area contributed by atoms with E-state index in [2.05, 4.69) is 6.92 Å². The van der Waals surface area contributed by atoms with Crippen LogP contribution in [0.4, 0.5) is 0 Å². The molecule has 1 aliphatic heterocycles. The summed E-state index contributed by atoms with van der Waals surface area (Å²) in [6, 6.07) is 0. The van der Waals surface area contributed by atoms with E-state index in [1.807, 2.05) is 0 Å². The van der Waals surface area contributed by atoms with Crippen LogP contribution >= 0.6 is 0 Å². The number of unbranched alkanes of at least 4 members (excludes halogenated alkanes) is 14. The molecular weight excluding hydrogens is 428 g/mol. The molecule has 34 heavy (non-hydrogen) atoms. The summed E-state index contributed by atoms with van der Waals surface area (Å²) >= 11 is 0. The van der Waals surface area contributed by atoms with Gasteiger partial charge < -0.3 is 19.7 Å². The van der Waals surface area contributed by atoms with Gasteiger partial charge in [0.05, 0.1) is 11.7 Å². The summed E-state index contributed by atoms with van der Waals surface area (Å²) < 4.78 is 11.9. The number of hydrogen-bond acceptors (Lipinski definition) is 4. The fraction of sp³-hybridized carbons (Fsp3) is 0.897. The van der Waals surface area contributed by atoms with Gasteiger partial charge >= 0.3 is 5.97 Å². The van der Waals surface area contributed by atoms with E-state index in [0.717, 1.165) is 38.5 Å². The lowest BCUT2D eigenvalue weighted by Gasteiger charge is -2.28. The van der Waals surface area contributed by atoms with Crippen LogP contribution in [0.1, 0.15) is 149 Å². The largest absolute Gasteiger partial charge is 0.512 e. The molecule has 5 nitrogen and oxygen atoms in total. The second-order valence-corrected chi connectivity index (χ2v) is 10.1. The molecule has 1 heterocycles. The third-order valence-corrected chi connectivity index (χ3v) is 6.99. The molecule has 0 saturated carbocycles. The van der Waals surface area contributed by atoms with Crippen molar-refractivity contribution >= 4 is 5.97 Å². The molecule has 0 aromatic heterocycles. The van der Waals surface area contributed by atoms with E-state index in [1.54, 1.807) is 6.92 Å². The molecule has 200 valence electrons. The van der Waals surface area contributed by atoms with Crippen LogP contribution < -0.4 is 0 Å². The van der Waals surface area contributed by atoms with Crippen LogP contribution in [-0.2, 0) is 14.3 Å². The molecule has 0 radical (unpaired) electrons. The molecule has 1 saturated heterocycles. The van der Waals surface area contributed by atoms with Crippen LogP contribution in [0.2, 0.25) is 0 Å². The first kappa shape index (κ1) is 31.0. The van der Waals surface area contributed by atoms with Gasteiger partial charge in [-0.15, -0.1) is 0 Å². The summed E-state index contributed by atoms with van der Waals surface area (Å²) in [5.74, 6) is -1.09. The summed E-state index contributed by atoms with van der Waals surface area (Å²) in [5, 5.41) is 19.7. The lowest BCUT2D eigenvalue weighted by Crippen LogP contribution is -2.28. The predicted octanol–water partition coefficient (Wildman–Crippen LogP) is 8.86. The van der Waals surface area contributed by atoms with Gasteiger partial charge in [-0.25, -0.2) is 4.79 Å². The number of ether oxygens (including phenoxy) is 2. The highest BCUT2D eigenvalue weighted by Gasteiger charge is 2.22. The van der Waals surface area contributed by atoms with Crippen molar-refractivity contribution in [2.45, 2.75) is 161 Å². The molecule has 0 aromatic rings. The molecule has 0 spiro atoms. The minimum atomic E-state index is -1.04. The highest BCUT2D eigenvalue weighted by atomic mass is 16.7. The van der Waals surface area contributed by atoms with E-state index in [4.69, 9.17) is 9.47 Å². The Hall–Kier alpha value is -1.07. The average molecular weight is 483 g/mol. The van der Waals surface area contributed by atoms with Gasteiger partial charge in [0.2, 0.25) is 0 Å². The third kappa shape index (κ3) is 15.8. The molecule has 0 aliphatic carbocycles. The predicted molar refractivity (Wildman–Crippen MR) is 140 cm³/mol. The number of rotatable bonds is 22. The molecule has 2 atom stereocenters. The summed E-state index contributed by atoms with van der Waals surface area (Å²) in [6.07, 6.45) is 24.0. The Kier molecular flexibility index (Phi) is 19.3. The Labute approximate surface area is 209 Å². The summed E-state index contributed by atoms with van der Waals surface area (Å²) in [5.41, 5.74) is 0.0923. The number of carboxylic acid groups (broad SMARTS) is 1. The lowest BCUT2D eigenvalue weighted by atomic mass is 10.0. The molecule has 0 aromatic carbocycles. The molecule has 1 fully saturated rings. The first-order valence-electron chi connectivity index (χ1n) is 14.5. The Morgan fingerprint density at radius 3 is 1.79 bits per heavy atom. The van der Waals surface area contributed by atoms with Gasteiger partial charge in [0.25, 0.3) is 0 Å². The van der Waals surface area contributed by atoms with Gasteiger partial charge in [-0.2, -0.15) is 0 Å². The van der Waals surface area contributed by atoms with Gasteiger partial charge in [-0.3, -0.25) is 0 Å². The fourth-order valence-corrected chi connectivity index (χ4v) is 4.81. The summed E-state index contributed by atoms with van der Waals surface area (Å²) in [4.78, 5) is 11.4. The van der Waals surface area contributed by atoms with Crippen molar-refractivity contribution in [3.05, 3.63) is 11.3 Å². The van der Waals surface area contributed by atoms with Gasteiger partial charge in [-0.05, 0) is 32.1 Å². The minimum Gasteiger partial charge on any atom is -0.512 e. The van der Waals surface area contributed by atoms with Crippen molar-refractivity contribution in [2.75, 3.05) is 6.61 Å². The van der Waals surface area contributed by atoms with Crippen molar-refractivity contribution in [3.8, 4) is 0 Å². The monoisotopic (exact) mass is 482 g/mol. The number of aliphatic hydroxyl groups excluding tert-OH is 1. The first-order valence-corrected chi connectivity index (χ1v) is 14.5. The van der Waals surface area contributed by atoms with E-state index in [9.17, 15) is 15.0 Å². The average Bonchev–Trinajstić information content (AvgIpc) is 2.82. The number of aliphatic hydroxyl groups is 1. The van der Waals surface area contributed by atoms with Crippen LogP contribution in [0, 0.1) is 0 Å². The second-order valence-electron chi connectivity index (χ2n) is 10.1. The van der Waals surface area contributed by atoms with Crippen molar-refractivity contribution in [3.63, 3.8) is 0 Å². The normalized spacial score (nSPS) is 18.0. The SMILES string of the molecule is CCCCCCCCCCCCCCCCC[C@H](CC(O)=C(CC)C(=O)O)OC1CCCCO1. The topological polar surface area (TPSA) is 76.0 Å². The smallest absolute Gasteiger partial charge is 0.334 e. The maximum absolute atomic E-state index is 11.4. The molecule has 1 aliphatic rings. The molecular formula is C29H54O5. The number of hydrogen-bond donors (Lipinski definition) is 2. The van der Waals surface area contributed by atoms with Crippen molar-refractivity contribution in [1.29, 1.82) is 0 Å². The molecule has 0 bridgehead atoms. The van der Waals surface area contributed by atoms with Crippen LogP contribution in [-0.4, -0.2) is 35.2 Å². The van der Waals surface area contributed by atoms with Crippen molar-refractivity contribution < 1.29 is 24.5 Å². The van der Waals surface area contributed by atoms with E-state index >= 15 is 0 Å². The summed E-state index contributed by atoms with van der Waals surface area (Å²) in [6.45, 7) is 4.75. The number of carboxylic acids is 1. The van der Waals surface area contributed by atoms with Crippen LogP contribution in [0.15, 0.2) is 11.3 Å². The third-order valence-electron chi connectivity index (χ3n) is 6.99. The van der Waals surface area contributed by atoms with E-state index in [1.165, 1.54) is 83.5 Å². The van der Waals surface area contributed by atoms with Crippen LogP contribution in [0.5, 0.6) is 0 Å². The highest BCUT2D eigenvalue weighted by molar-refractivity contribution is 5.86. The van der Waals surface area contributed by atoms with Gasteiger partial charge in [0.15, 0.2) is 6.29 Å². The zero-order chi connectivity index (χ0) is 24.9. The minimum absolute atomic E-state index is 0.0447. The van der Waals surface area contributed by atoms with Crippen LogP contribution in [0.25, 0.3) is 0 Å². The zero-order valence-corrected chi connectivity index (χ0v) is 22.3. The van der Waals surface area contributed by atoms with E-state index in [0.29, 0.717) is 13.0 Å². The number of carbonyl (C=O) groups is 1. The maximum atomic E-state index is 11.4. The maximum Gasteiger partial charge on any atom is 0.334 e. The van der Waals surface area contributed by atoms with Crippen molar-refractivity contribution in [1.82, 2.24) is 0 Å². The van der Waals surface area contributed by atoms with Gasteiger partial charge in [0.1, 0.15) is 5.76 Å². The Bertz CT molecular complexity index is 525. The molecule has 2 N–H and O–H groups in total. The van der Waals surface area contributed by atoms with E-state index < -0.39 is 5.97 Å². The zero-order valence-electron chi connectivity index (χ0n) is 22.3. The van der Waals surface area contributed by atoms with Crippen LogP contribution in [0.3, 0.4) is 0 Å². The fourth-order valence-electron chi connectivity index (χ4n) is 4.81. The lowest BCUT2D eigenvalue weighted by molar-refractivity contribution is -0.190. The number of aliphatic carboxylic acids is 1. The first-order chi connectivity index (χ1) is 16.6.